The molecule has 0 unspecified atom stereocenters. The molecule has 0 radical (unpaired) electrons. The predicted molar refractivity (Wildman–Crippen MR) is 87.1 cm³/mol. The second-order valence-electron chi connectivity index (χ2n) is 5.21. The lowest BCUT2D eigenvalue weighted by atomic mass is 10.2. The van der Waals surface area contributed by atoms with Gasteiger partial charge in [-0.2, -0.15) is 0 Å². The minimum atomic E-state index is -0.556. The van der Waals surface area contributed by atoms with E-state index < -0.39 is 6.04 Å². The maximum Gasteiger partial charge on any atom is 0.251 e. The van der Waals surface area contributed by atoms with E-state index in [2.05, 4.69) is 17.6 Å². The quantitative estimate of drug-likeness (QED) is 0.689. The summed E-state index contributed by atoms with van der Waals surface area (Å²) in [4.78, 5) is 23.8. The number of nitrogens with one attached hydrogen (secondary N) is 2. The summed E-state index contributed by atoms with van der Waals surface area (Å²) in [6.07, 6.45) is 2.96. The van der Waals surface area contributed by atoms with Crippen LogP contribution in [0.15, 0.2) is 24.3 Å². The van der Waals surface area contributed by atoms with Crippen LogP contribution in [-0.4, -0.2) is 31.0 Å². The summed E-state index contributed by atoms with van der Waals surface area (Å²) in [7, 11) is 0. The fourth-order valence-electron chi connectivity index (χ4n) is 1.78. The highest BCUT2D eigenvalue weighted by Gasteiger charge is 2.15. The molecule has 0 saturated carbocycles. The number of benzene rings is 1. The van der Waals surface area contributed by atoms with E-state index >= 15 is 0 Å². The molecule has 5 nitrogen and oxygen atoms in total. The zero-order valence-corrected chi connectivity index (χ0v) is 13.6. The number of hydrogen-bond donors (Lipinski definition) is 2. The fraction of sp³-hybridized carbons (Fsp3) is 0.529. The zero-order chi connectivity index (χ0) is 16.4. The Morgan fingerprint density at radius 1 is 1.14 bits per heavy atom. The molecule has 1 aromatic rings. The van der Waals surface area contributed by atoms with Gasteiger partial charge in [0.1, 0.15) is 11.8 Å². The first-order chi connectivity index (χ1) is 10.6. The number of ether oxygens (including phenoxy) is 1. The van der Waals surface area contributed by atoms with E-state index in [9.17, 15) is 9.59 Å². The van der Waals surface area contributed by atoms with Crippen LogP contribution < -0.4 is 15.4 Å². The lowest BCUT2D eigenvalue weighted by Gasteiger charge is -2.14. The number of carbonyl (C=O) groups excluding carboxylic acids is 2. The van der Waals surface area contributed by atoms with Crippen LogP contribution >= 0.6 is 0 Å². The molecular weight excluding hydrogens is 280 g/mol. The number of hydrogen-bond acceptors (Lipinski definition) is 3. The van der Waals surface area contributed by atoms with Crippen molar-refractivity contribution >= 4 is 11.8 Å². The molecule has 0 aromatic heterocycles. The molecule has 1 rings (SSSR count). The van der Waals surface area contributed by atoms with Gasteiger partial charge in [0.25, 0.3) is 5.91 Å². The third kappa shape index (κ3) is 6.16. The van der Waals surface area contributed by atoms with E-state index in [0.29, 0.717) is 18.7 Å². The van der Waals surface area contributed by atoms with Gasteiger partial charge < -0.3 is 15.4 Å². The van der Waals surface area contributed by atoms with E-state index in [1.165, 1.54) is 0 Å². The number of unbranched alkanes of at least 4 members (excludes halogenated alkanes) is 1. The van der Waals surface area contributed by atoms with Gasteiger partial charge in [-0.05, 0) is 44.0 Å². The molecule has 2 amide bonds. The Labute approximate surface area is 132 Å². The van der Waals surface area contributed by atoms with Crippen molar-refractivity contribution < 1.29 is 14.3 Å². The molecule has 122 valence electrons. The van der Waals surface area contributed by atoms with Gasteiger partial charge in [0.15, 0.2) is 0 Å². The zero-order valence-electron chi connectivity index (χ0n) is 13.6. The Morgan fingerprint density at radius 3 is 2.41 bits per heavy atom. The van der Waals surface area contributed by atoms with Crippen LogP contribution in [0.1, 0.15) is 50.4 Å². The van der Waals surface area contributed by atoms with Crippen molar-refractivity contribution in [1.29, 1.82) is 0 Å². The van der Waals surface area contributed by atoms with Crippen LogP contribution in [0.4, 0.5) is 0 Å². The molecule has 2 N–H and O–H groups in total. The monoisotopic (exact) mass is 306 g/mol. The lowest BCUT2D eigenvalue weighted by Crippen LogP contribution is -2.44. The van der Waals surface area contributed by atoms with Crippen LogP contribution in [0.2, 0.25) is 0 Å². The summed E-state index contributed by atoms with van der Waals surface area (Å²) in [6, 6.07) is 6.39. The second-order valence-corrected chi connectivity index (χ2v) is 5.21. The maximum absolute atomic E-state index is 12.1. The Kier molecular flexibility index (Phi) is 8.04. The average Bonchev–Trinajstić information content (AvgIpc) is 2.53. The van der Waals surface area contributed by atoms with Gasteiger partial charge in [-0.3, -0.25) is 9.59 Å². The van der Waals surface area contributed by atoms with Gasteiger partial charge >= 0.3 is 0 Å². The molecule has 0 aliphatic rings. The second kappa shape index (κ2) is 9.82. The standard InChI is InChI=1S/C17H26N2O3/c1-4-6-12-22-15-9-7-14(8-10-15)17(21)19-13(3)16(20)18-11-5-2/h7-10,13H,4-6,11-12H2,1-3H3,(H,18,20)(H,19,21)/t13-/m1/s1. The Balaban J connectivity index is 2.49. The van der Waals surface area contributed by atoms with E-state index in [-0.39, 0.29) is 11.8 Å². The molecule has 0 spiro atoms. The Morgan fingerprint density at radius 2 is 1.82 bits per heavy atom. The van der Waals surface area contributed by atoms with Crippen LogP contribution in [0.25, 0.3) is 0 Å². The van der Waals surface area contributed by atoms with Crippen LogP contribution in [-0.2, 0) is 4.79 Å². The summed E-state index contributed by atoms with van der Waals surface area (Å²) in [5, 5.41) is 5.44. The van der Waals surface area contributed by atoms with Crippen LogP contribution in [0.3, 0.4) is 0 Å². The highest BCUT2D eigenvalue weighted by atomic mass is 16.5. The minimum Gasteiger partial charge on any atom is -0.494 e. The first kappa shape index (κ1) is 18.0. The van der Waals surface area contributed by atoms with Crippen molar-refractivity contribution in [2.45, 2.75) is 46.1 Å². The van der Waals surface area contributed by atoms with Crippen LogP contribution in [0.5, 0.6) is 5.75 Å². The molecule has 0 saturated heterocycles. The van der Waals surface area contributed by atoms with Gasteiger partial charge in [-0.25, -0.2) is 0 Å². The third-order valence-corrected chi connectivity index (χ3v) is 3.17. The Hall–Kier alpha value is -2.04. The van der Waals surface area contributed by atoms with E-state index in [0.717, 1.165) is 25.0 Å². The maximum atomic E-state index is 12.1. The smallest absolute Gasteiger partial charge is 0.251 e. The molecule has 5 heteroatoms. The van der Waals surface area contributed by atoms with Crippen molar-refractivity contribution in [1.82, 2.24) is 10.6 Å². The SMILES string of the molecule is CCCCOc1ccc(C(=O)N[C@H](C)C(=O)NCCC)cc1. The normalized spacial score (nSPS) is 11.6. The number of amides is 2. The van der Waals surface area contributed by atoms with E-state index in [1.807, 2.05) is 6.92 Å². The lowest BCUT2D eigenvalue weighted by molar-refractivity contribution is -0.122. The molecule has 22 heavy (non-hydrogen) atoms. The molecule has 0 aliphatic carbocycles. The molecule has 1 atom stereocenters. The molecule has 1 aromatic carbocycles. The van der Waals surface area contributed by atoms with Crippen molar-refractivity contribution in [3.8, 4) is 5.75 Å². The highest BCUT2D eigenvalue weighted by molar-refractivity contribution is 5.97. The topological polar surface area (TPSA) is 67.4 Å². The highest BCUT2D eigenvalue weighted by Crippen LogP contribution is 2.12. The first-order valence-corrected chi connectivity index (χ1v) is 7.89. The summed E-state index contributed by atoms with van der Waals surface area (Å²) in [5.74, 6) is 0.313. The summed E-state index contributed by atoms with van der Waals surface area (Å²) < 4.78 is 5.55. The minimum absolute atomic E-state index is 0.172. The van der Waals surface area contributed by atoms with Gasteiger partial charge in [-0.1, -0.05) is 20.3 Å². The van der Waals surface area contributed by atoms with Crippen molar-refractivity contribution in [2.24, 2.45) is 0 Å². The van der Waals surface area contributed by atoms with Crippen molar-refractivity contribution in [3.63, 3.8) is 0 Å². The van der Waals surface area contributed by atoms with Crippen molar-refractivity contribution in [3.05, 3.63) is 29.8 Å². The largest absolute Gasteiger partial charge is 0.494 e. The van der Waals surface area contributed by atoms with Gasteiger partial charge in [0, 0.05) is 12.1 Å². The summed E-state index contributed by atoms with van der Waals surface area (Å²) in [6.45, 7) is 7.05. The van der Waals surface area contributed by atoms with Gasteiger partial charge in [-0.15, -0.1) is 0 Å². The predicted octanol–water partition coefficient (Wildman–Crippen LogP) is 2.51. The molecular formula is C17H26N2O3. The molecule has 0 aliphatic heterocycles. The molecule has 0 bridgehead atoms. The Bertz CT molecular complexity index is 471. The molecule has 0 heterocycles. The third-order valence-electron chi connectivity index (χ3n) is 3.17. The number of carbonyl (C=O) groups is 2. The molecule has 0 fully saturated rings. The summed E-state index contributed by atoms with van der Waals surface area (Å²) in [5.41, 5.74) is 0.512. The average molecular weight is 306 g/mol. The summed E-state index contributed by atoms with van der Waals surface area (Å²) >= 11 is 0. The van der Waals surface area contributed by atoms with Gasteiger partial charge in [0.05, 0.1) is 6.61 Å². The first-order valence-electron chi connectivity index (χ1n) is 7.89. The van der Waals surface area contributed by atoms with E-state index in [1.54, 1.807) is 31.2 Å². The van der Waals surface area contributed by atoms with E-state index in [4.69, 9.17) is 4.74 Å². The van der Waals surface area contributed by atoms with Crippen LogP contribution in [0, 0.1) is 0 Å². The fourth-order valence-corrected chi connectivity index (χ4v) is 1.78. The van der Waals surface area contributed by atoms with Crippen molar-refractivity contribution in [2.75, 3.05) is 13.2 Å². The van der Waals surface area contributed by atoms with Gasteiger partial charge in [0.2, 0.25) is 5.91 Å². The number of rotatable bonds is 9.